The molecule has 5 heteroatoms. The lowest BCUT2D eigenvalue weighted by molar-refractivity contribution is 0.696. The van der Waals surface area contributed by atoms with Gasteiger partial charge in [-0.25, -0.2) is 4.99 Å². The predicted molar refractivity (Wildman–Crippen MR) is 157 cm³/mol. The van der Waals surface area contributed by atoms with Gasteiger partial charge in [-0.2, -0.15) is 5.26 Å². The summed E-state index contributed by atoms with van der Waals surface area (Å²) in [5.41, 5.74) is 8.47. The summed E-state index contributed by atoms with van der Waals surface area (Å²) in [6.45, 7) is 0. The van der Waals surface area contributed by atoms with Gasteiger partial charge in [-0.05, 0) is 72.7 Å². The van der Waals surface area contributed by atoms with Crippen molar-refractivity contribution in [3.8, 4) is 34.3 Å². The highest BCUT2D eigenvalue weighted by molar-refractivity contribution is 9.10. The fraction of sp³-hybridized carbons (Fsp3) is 0.125. The summed E-state index contributed by atoms with van der Waals surface area (Å²) in [6.07, 6.45) is 6.32. The van der Waals surface area contributed by atoms with Gasteiger partial charge in [0.05, 0.1) is 17.0 Å². The highest BCUT2D eigenvalue weighted by atomic mass is 79.9. The van der Waals surface area contributed by atoms with Crippen LogP contribution >= 0.6 is 27.3 Å². The number of fused-ring (bicyclic) bond motifs is 1. The molecule has 180 valence electrons. The Hall–Kier alpha value is -3.72. The maximum atomic E-state index is 9.94. The zero-order valence-corrected chi connectivity index (χ0v) is 22.6. The van der Waals surface area contributed by atoms with Gasteiger partial charge in [0.15, 0.2) is 0 Å². The fourth-order valence-electron chi connectivity index (χ4n) is 5.09. The maximum absolute atomic E-state index is 9.94. The van der Waals surface area contributed by atoms with Gasteiger partial charge in [0.1, 0.15) is 11.1 Å². The van der Waals surface area contributed by atoms with E-state index in [1.165, 1.54) is 16.9 Å². The number of aryl methyl sites for hydroxylation is 1. The first-order valence-corrected chi connectivity index (χ1v) is 14.0. The van der Waals surface area contributed by atoms with Crippen molar-refractivity contribution in [2.24, 2.45) is 4.99 Å². The van der Waals surface area contributed by atoms with Gasteiger partial charge in [0.25, 0.3) is 0 Å². The molecule has 0 bridgehead atoms. The van der Waals surface area contributed by atoms with Crippen LogP contribution in [0.5, 0.6) is 0 Å². The van der Waals surface area contributed by atoms with Crippen molar-refractivity contribution in [3.05, 3.63) is 117 Å². The van der Waals surface area contributed by atoms with Crippen LogP contribution in [0.2, 0.25) is 0 Å². The molecule has 0 spiro atoms. The van der Waals surface area contributed by atoms with Gasteiger partial charge >= 0.3 is 0 Å². The number of hydrogen-bond acceptors (Lipinski definition) is 3. The summed E-state index contributed by atoms with van der Waals surface area (Å²) in [4.78, 5) is 6.27. The maximum Gasteiger partial charge on any atom is 0.134 e. The first-order chi connectivity index (χ1) is 18.2. The molecule has 1 aliphatic carbocycles. The number of hydrogen-bond donors (Lipinski definition) is 0. The van der Waals surface area contributed by atoms with E-state index in [1.54, 1.807) is 11.3 Å². The van der Waals surface area contributed by atoms with Crippen molar-refractivity contribution in [3.63, 3.8) is 0 Å². The Balaban J connectivity index is 1.58. The zero-order chi connectivity index (χ0) is 25.2. The van der Waals surface area contributed by atoms with Crippen LogP contribution in [0.25, 0.3) is 28.2 Å². The minimum absolute atomic E-state index is 0.757. The van der Waals surface area contributed by atoms with Crippen molar-refractivity contribution < 1.29 is 0 Å². The number of thiophene rings is 1. The molecular formula is C32H24BrN3S. The van der Waals surface area contributed by atoms with E-state index in [0.717, 1.165) is 68.1 Å². The minimum Gasteiger partial charge on any atom is -0.309 e. The topological polar surface area (TPSA) is 41.1 Å². The van der Waals surface area contributed by atoms with Crippen LogP contribution in [-0.2, 0) is 12.8 Å². The summed E-state index contributed by atoms with van der Waals surface area (Å²) in [5, 5.41) is 10.8. The highest BCUT2D eigenvalue weighted by Crippen LogP contribution is 2.40. The van der Waals surface area contributed by atoms with Crippen LogP contribution in [0.4, 0.5) is 5.00 Å². The van der Waals surface area contributed by atoms with Crippen LogP contribution in [0.3, 0.4) is 0 Å². The van der Waals surface area contributed by atoms with E-state index < -0.39 is 0 Å². The van der Waals surface area contributed by atoms with Gasteiger partial charge in [0.2, 0.25) is 0 Å². The predicted octanol–water partition coefficient (Wildman–Crippen LogP) is 9.14. The van der Waals surface area contributed by atoms with Gasteiger partial charge in [0, 0.05) is 26.8 Å². The first-order valence-electron chi connectivity index (χ1n) is 12.4. The molecule has 2 heterocycles. The van der Waals surface area contributed by atoms with Crippen molar-refractivity contribution in [1.82, 2.24) is 4.57 Å². The molecular weight excluding hydrogens is 538 g/mol. The third-order valence-electron chi connectivity index (χ3n) is 6.82. The third kappa shape index (κ3) is 4.59. The fourth-order valence-corrected chi connectivity index (χ4v) is 6.53. The van der Waals surface area contributed by atoms with Gasteiger partial charge < -0.3 is 4.57 Å². The zero-order valence-electron chi connectivity index (χ0n) is 20.2. The normalized spacial score (nSPS) is 13.0. The Morgan fingerprint density at radius 3 is 2.24 bits per heavy atom. The third-order valence-corrected chi connectivity index (χ3v) is 8.55. The first kappa shape index (κ1) is 23.7. The molecule has 0 amide bonds. The lowest BCUT2D eigenvalue weighted by Gasteiger charge is -2.15. The van der Waals surface area contributed by atoms with E-state index in [-0.39, 0.29) is 0 Å². The number of nitriles is 1. The summed E-state index contributed by atoms with van der Waals surface area (Å²) < 4.78 is 3.35. The molecule has 3 aromatic carbocycles. The lowest BCUT2D eigenvalue weighted by Crippen LogP contribution is -2.00. The van der Waals surface area contributed by atoms with Crippen LogP contribution in [0, 0.1) is 11.3 Å². The summed E-state index contributed by atoms with van der Waals surface area (Å²) in [6, 6.07) is 34.0. The van der Waals surface area contributed by atoms with E-state index in [2.05, 4.69) is 105 Å². The molecule has 0 atom stereocenters. The molecule has 0 N–H and O–H groups in total. The molecule has 2 aromatic heterocycles. The van der Waals surface area contributed by atoms with Crippen LogP contribution in [-0.4, -0.2) is 10.8 Å². The molecule has 0 fully saturated rings. The summed E-state index contributed by atoms with van der Waals surface area (Å²) >= 11 is 5.26. The van der Waals surface area contributed by atoms with Crippen molar-refractivity contribution in [1.29, 1.82) is 5.26 Å². The minimum atomic E-state index is 0.757. The molecule has 37 heavy (non-hydrogen) atoms. The summed E-state index contributed by atoms with van der Waals surface area (Å²) in [5.74, 6) is 0. The second-order valence-electron chi connectivity index (χ2n) is 9.14. The number of aliphatic imine (C=N–C) groups is 1. The van der Waals surface area contributed by atoms with Crippen LogP contribution < -0.4 is 0 Å². The Morgan fingerprint density at radius 1 is 0.865 bits per heavy atom. The standard InChI is InChI=1S/C32H24BrN3S/c33-25-15-17-26(18-16-25)36-29(22-9-3-1-4-10-22)19-24(31(36)23-11-5-2-6-12-23)21-35-32-28(20-34)27-13-7-8-14-30(27)37-32/h1-6,9-12,15-19,21H,7-8,13-14H2. The highest BCUT2D eigenvalue weighted by Gasteiger charge is 2.22. The van der Waals surface area contributed by atoms with Crippen LogP contribution in [0.1, 0.15) is 34.4 Å². The molecule has 0 aliphatic heterocycles. The summed E-state index contributed by atoms with van der Waals surface area (Å²) in [7, 11) is 0. The molecule has 5 aromatic rings. The molecule has 0 unspecified atom stereocenters. The van der Waals surface area contributed by atoms with Crippen molar-refractivity contribution in [2.75, 3.05) is 0 Å². The smallest absolute Gasteiger partial charge is 0.134 e. The number of halogens is 1. The number of nitrogens with zero attached hydrogens (tertiary/aromatic N) is 3. The van der Waals surface area contributed by atoms with Gasteiger partial charge in [-0.1, -0.05) is 76.6 Å². The molecule has 1 aliphatic rings. The van der Waals surface area contributed by atoms with Crippen molar-refractivity contribution >= 4 is 38.5 Å². The second-order valence-corrected chi connectivity index (χ2v) is 11.1. The Morgan fingerprint density at radius 2 is 1.54 bits per heavy atom. The van der Waals surface area contributed by atoms with E-state index in [9.17, 15) is 5.26 Å². The van der Waals surface area contributed by atoms with E-state index in [0.29, 0.717) is 0 Å². The number of rotatable bonds is 5. The average Bonchev–Trinajstić information content (AvgIpc) is 3.51. The van der Waals surface area contributed by atoms with Crippen molar-refractivity contribution in [2.45, 2.75) is 25.7 Å². The second kappa shape index (κ2) is 10.3. The van der Waals surface area contributed by atoms with E-state index in [4.69, 9.17) is 4.99 Å². The Bertz CT molecular complexity index is 1620. The molecule has 0 radical (unpaired) electrons. The van der Waals surface area contributed by atoms with E-state index >= 15 is 0 Å². The molecule has 6 rings (SSSR count). The Labute approximate surface area is 229 Å². The largest absolute Gasteiger partial charge is 0.309 e. The van der Waals surface area contributed by atoms with E-state index in [1.807, 2.05) is 18.3 Å². The quantitative estimate of drug-likeness (QED) is 0.197. The van der Waals surface area contributed by atoms with Gasteiger partial charge in [-0.15, -0.1) is 11.3 Å². The molecule has 3 nitrogen and oxygen atoms in total. The Kier molecular flexibility index (Phi) is 6.61. The lowest BCUT2D eigenvalue weighted by atomic mass is 9.96. The number of benzene rings is 3. The molecule has 0 saturated carbocycles. The SMILES string of the molecule is N#Cc1c(N=Cc2cc(-c3ccccc3)n(-c3ccc(Br)cc3)c2-c2ccccc2)sc2c1CCCC2. The van der Waals surface area contributed by atoms with Gasteiger partial charge in [-0.3, -0.25) is 0 Å². The average molecular weight is 563 g/mol. The molecule has 0 saturated heterocycles. The monoisotopic (exact) mass is 561 g/mol. The van der Waals surface area contributed by atoms with Crippen LogP contribution in [0.15, 0.2) is 100 Å². The number of aromatic nitrogens is 1.